The zero-order chi connectivity index (χ0) is 79.8. The van der Waals surface area contributed by atoms with Crippen molar-refractivity contribution in [1.82, 2.24) is 35.4 Å². The van der Waals surface area contributed by atoms with Gasteiger partial charge in [0.25, 0.3) is 31.9 Å². The van der Waals surface area contributed by atoms with Crippen molar-refractivity contribution in [1.29, 1.82) is 0 Å². The van der Waals surface area contributed by atoms with Crippen LogP contribution in [0.5, 0.6) is 34.5 Å². The van der Waals surface area contributed by atoms with Crippen molar-refractivity contribution in [2.24, 2.45) is 29.4 Å². The number of benzene rings is 8. The molecule has 0 spiro atoms. The van der Waals surface area contributed by atoms with E-state index in [4.69, 9.17) is 48.9 Å². The lowest BCUT2D eigenvalue weighted by molar-refractivity contribution is -0.132. The van der Waals surface area contributed by atoms with E-state index >= 15 is 0 Å². The molecule has 4 aliphatic rings. The van der Waals surface area contributed by atoms with Gasteiger partial charge in [0.15, 0.2) is 0 Å². The van der Waals surface area contributed by atoms with Crippen molar-refractivity contribution >= 4 is 71.6 Å². The minimum atomic E-state index is -4.40. The number of nitrogens with zero attached hydrogens (tertiary/aromatic N) is 2. The summed E-state index contributed by atoms with van der Waals surface area (Å²) in [5, 5.41) is 10.1. The van der Waals surface area contributed by atoms with Crippen LogP contribution >= 0.6 is 0 Å². The fourth-order valence-corrected chi connectivity index (χ4v) is 16.4. The molecule has 0 aliphatic heterocycles. The zero-order valence-electron chi connectivity index (χ0n) is 62.9. The van der Waals surface area contributed by atoms with Crippen LogP contribution in [0.15, 0.2) is 253 Å². The number of aromatic nitrogens is 2. The summed E-state index contributed by atoms with van der Waals surface area (Å²) in [6, 6.07) is 63.4. The molecule has 584 valence electrons. The Labute approximate surface area is 655 Å². The molecule has 113 heavy (non-hydrogen) atoms. The Kier molecular flexibility index (Phi) is 23.4. The zero-order valence-corrected chi connectivity index (χ0v) is 64.6. The second-order valence-corrected chi connectivity index (χ2v) is 32.8. The third-order valence-corrected chi connectivity index (χ3v) is 23.1. The first-order chi connectivity index (χ1) is 54.2. The van der Waals surface area contributed by atoms with Crippen LogP contribution in [0.25, 0.3) is 44.3 Å². The van der Waals surface area contributed by atoms with E-state index in [2.05, 4.69) is 38.6 Å². The third kappa shape index (κ3) is 18.6. The molecule has 4 fully saturated rings. The van der Waals surface area contributed by atoms with E-state index < -0.39 is 114 Å². The Morgan fingerprint density at radius 1 is 0.504 bits per heavy atom. The number of hydrogen-bond acceptors (Lipinski definition) is 19. The molecule has 8 aromatic carbocycles. The largest absolute Gasteiger partial charge is 0.497 e. The minimum absolute atomic E-state index is 0.120. The highest BCUT2D eigenvalue weighted by atomic mass is 32.2. The maximum absolute atomic E-state index is 14.4. The van der Waals surface area contributed by atoms with Crippen LogP contribution < -0.4 is 59.5 Å². The van der Waals surface area contributed by atoms with Gasteiger partial charge in [-0.05, 0) is 106 Å². The number of pyridine rings is 2. The summed E-state index contributed by atoms with van der Waals surface area (Å²) in [6.07, 6.45) is 2.71. The Balaban J connectivity index is 0.000000199. The number of hydrogen-bond donors (Lipinski definition) is 6. The van der Waals surface area contributed by atoms with Gasteiger partial charge >= 0.3 is 6.09 Å². The van der Waals surface area contributed by atoms with Crippen LogP contribution in [0.1, 0.15) is 70.4 Å². The van der Waals surface area contributed by atoms with Crippen LogP contribution in [0.4, 0.5) is 4.79 Å². The van der Waals surface area contributed by atoms with E-state index in [1.54, 1.807) is 53.2 Å². The van der Waals surface area contributed by atoms with Crippen LogP contribution in [0.2, 0.25) is 0 Å². The molecule has 4 aliphatic carbocycles. The fraction of sp³-hybridized carbons (Fsp3) is 0.276. The number of carbonyl (C=O) groups is 5. The first-order valence-corrected chi connectivity index (χ1v) is 40.0. The average Bonchev–Trinajstić information content (AvgIpc) is 1.58. The molecule has 10 aromatic rings. The molecule has 0 radical (unpaired) electrons. The normalized spacial score (nSPS) is 21.5. The van der Waals surface area contributed by atoms with Gasteiger partial charge in [0.2, 0.25) is 11.8 Å². The lowest BCUT2D eigenvalue weighted by atomic mass is 10.0. The van der Waals surface area contributed by atoms with Gasteiger partial charge in [0.05, 0.1) is 58.3 Å². The van der Waals surface area contributed by atoms with Crippen LogP contribution in [-0.2, 0) is 57.2 Å². The molecule has 4 saturated carbocycles. The Morgan fingerprint density at radius 2 is 0.920 bits per heavy atom. The number of carbonyl (C=O) groups excluding carboxylic acids is 5. The highest BCUT2D eigenvalue weighted by Gasteiger charge is 2.63. The fourth-order valence-electron chi connectivity index (χ4n) is 14.3. The number of amides is 5. The van der Waals surface area contributed by atoms with E-state index in [0.717, 1.165) is 38.7 Å². The van der Waals surface area contributed by atoms with Gasteiger partial charge in [0.1, 0.15) is 76.6 Å². The summed E-state index contributed by atoms with van der Waals surface area (Å²) in [4.78, 5) is 78.4. The number of methoxy groups -OCH3 is 2. The summed E-state index contributed by atoms with van der Waals surface area (Å²) < 4.78 is 99.7. The van der Waals surface area contributed by atoms with E-state index in [9.17, 15) is 40.8 Å². The van der Waals surface area contributed by atoms with E-state index in [-0.39, 0.29) is 55.1 Å². The van der Waals surface area contributed by atoms with Gasteiger partial charge in [-0.25, -0.2) is 41.0 Å². The molecule has 2 heterocycles. The van der Waals surface area contributed by atoms with E-state index in [1.807, 2.05) is 170 Å². The van der Waals surface area contributed by atoms with E-state index in [0.29, 0.717) is 57.6 Å². The number of ether oxygens (including phenoxy) is 7. The second kappa shape index (κ2) is 33.4. The van der Waals surface area contributed by atoms with Crippen LogP contribution in [0.3, 0.4) is 0 Å². The Bertz CT molecular complexity index is 5450. The highest BCUT2D eigenvalue weighted by Crippen LogP contribution is 2.48. The standard InChI is InChI=1S/C46H48N4O9S.C41H40N4O7S/c1-6-31-27-46(31,43(52)50-60(54,55)35-19-13-18-33(22-35)57-28-29-14-9-7-10-15-29)49-42(51)37-23-34(25-40(37)48-44(53)59-45(2,3)4)58-41-26-38(30-16-11-8-12-17-30)47-39-24-32(56-5)20-21-36(39)41;1-3-28-24-41(28,40(47)45-53(48,49)32-16-10-15-30(19-32)51-25-26-11-6-4-7-12-26)44-39(46)34-20-31(21-35(34)42)52-38-23-36(27-13-8-5-9-14-27)43-37-22-29(50-2)17-18-33(37)38/h6-22,24,26,31,34,37,40H,1,23,25,27-28H2,2-5H3,(H,48,53)(H,49,51)(H,50,52);3-19,22-23,28,31,34-35H,1,20-21,24-25,42H2,2H3,(H,44,46)(H,45,47)/t31-,34-,37-,40+,46-;28-,31-,34-,35+,41-/m11/s1. The Morgan fingerprint density at radius 3 is 1.34 bits per heavy atom. The van der Waals surface area contributed by atoms with Crippen molar-refractivity contribution in [2.75, 3.05) is 14.2 Å². The number of sulfonamides is 2. The van der Waals surface area contributed by atoms with Crippen LogP contribution in [0, 0.1) is 23.7 Å². The summed E-state index contributed by atoms with van der Waals surface area (Å²) in [7, 11) is -5.54. The molecule has 26 heteroatoms. The highest BCUT2D eigenvalue weighted by molar-refractivity contribution is 7.90. The molecular weight excluding hydrogens is 1480 g/mol. The molecule has 14 rings (SSSR count). The quantitative estimate of drug-likeness (QED) is 0.0261. The van der Waals surface area contributed by atoms with Crippen molar-refractivity contribution in [3.05, 3.63) is 255 Å². The molecule has 0 saturated heterocycles. The van der Waals surface area contributed by atoms with Gasteiger partial charge in [-0.3, -0.25) is 19.2 Å². The van der Waals surface area contributed by atoms with Gasteiger partial charge in [0, 0.05) is 95.1 Å². The lowest BCUT2D eigenvalue weighted by Gasteiger charge is -2.26. The minimum Gasteiger partial charge on any atom is -0.497 e. The lowest BCUT2D eigenvalue weighted by Crippen LogP contribution is -2.55. The first-order valence-electron chi connectivity index (χ1n) is 37.0. The molecule has 24 nitrogen and oxygen atoms in total. The second-order valence-electron chi connectivity index (χ2n) is 29.4. The van der Waals surface area contributed by atoms with Crippen molar-refractivity contribution in [3.8, 4) is 57.0 Å². The topological polar surface area (TPSA) is 330 Å². The first kappa shape index (κ1) is 79.0. The number of nitrogens with two attached hydrogens (primary N) is 1. The molecular formula is C87H88N8O16S2. The molecule has 10 atom stereocenters. The number of fused-ring (bicyclic) bond motifs is 2. The maximum Gasteiger partial charge on any atom is 0.407 e. The van der Waals surface area contributed by atoms with Gasteiger partial charge in [-0.1, -0.05) is 146 Å². The summed E-state index contributed by atoms with van der Waals surface area (Å²) in [6.45, 7) is 13.3. The van der Waals surface area contributed by atoms with Crippen molar-refractivity contribution < 1.29 is 74.0 Å². The van der Waals surface area contributed by atoms with Gasteiger partial charge in [-0.2, -0.15) is 0 Å². The monoisotopic (exact) mass is 1560 g/mol. The number of rotatable bonds is 27. The number of alkyl carbamates (subject to hydrolysis) is 1. The maximum atomic E-state index is 14.4. The Hall–Kier alpha value is -12.1. The van der Waals surface area contributed by atoms with Crippen molar-refractivity contribution in [3.63, 3.8) is 0 Å². The summed E-state index contributed by atoms with van der Waals surface area (Å²) >= 11 is 0. The third-order valence-electron chi connectivity index (χ3n) is 20.4. The summed E-state index contributed by atoms with van der Waals surface area (Å²) in [5.74, 6) is -2.37. The van der Waals surface area contributed by atoms with Crippen molar-refractivity contribution in [2.45, 2.75) is 123 Å². The molecule has 2 aromatic heterocycles. The average molecular weight is 1570 g/mol. The molecule has 7 N–H and O–H groups in total. The predicted molar refractivity (Wildman–Crippen MR) is 426 cm³/mol. The molecule has 5 amide bonds. The van der Waals surface area contributed by atoms with Gasteiger partial charge < -0.3 is 54.8 Å². The van der Waals surface area contributed by atoms with Gasteiger partial charge in [-0.15, -0.1) is 13.2 Å². The molecule has 0 bridgehead atoms. The number of nitrogens with one attached hydrogen (secondary N) is 5. The smallest absolute Gasteiger partial charge is 0.407 e. The SMILES string of the molecule is C=C[C@@H]1C[C@]1(NC(=O)[C@@H]1C[C@@H](Oc2cc(-c3ccccc3)nc3cc(OC)ccc23)C[C@@H]1N)C(=O)NS(=O)(=O)c1cccc(OCc2ccccc2)c1.C=C[C@@H]1C[C@]1(NC(=O)[C@@H]1C[C@@H](Oc2cc(-c3ccccc3)nc3cc(OC)ccc23)C[C@@H]1NC(=O)OC(C)(C)C)C(=O)NS(=O)(=O)c1cccc(OCc2ccccc2)c1. The summed E-state index contributed by atoms with van der Waals surface area (Å²) in [5.41, 5.74) is 8.94. The predicted octanol–water partition coefficient (Wildman–Crippen LogP) is 12.6. The van der Waals surface area contributed by atoms with Crippen LogP contribution in [-0.4, -0.2) is 112 Å². The van der Waals surface area contributed by atoms with E-state index in [1.165, 1.54) is 42.5 Å². The molecule has 0 unspecified atom stereocenters.